The van der Waals surface area contributed by atoms with E-state index in [1.54, 1.807) is 13.0 Å². The third kappa shape index (κ3) is 2.32. The third-order valence-electron chi connectivity index (χ3n) is 4.39. The van der Waals surface area contributed by atoms with Gasteiger partial charge in [0.25, 0.3) is 0 Å². The van der Waals surface area contributed by atoms with Crippen molar-refractivity contribution in [2.75, 3.05) is 0 Å². The van der Waals surface area contributed by atoms with E-state index in [9.17, 15) is 30.1 Å². The maximum Gasteiger partial charge on any atom is 0.311 e. The summed E-state index contributed by atoms with van der Waals surface area (Å²) in [5.74, 6) is -3.23. The lowest BCUT2D eigenvalue weighted by atomic mass is 9.79. The number of benzene rings is 2. The molecule has 0 saturated carbocycles. The predicted molar refractivity (Wildman–Crippen MR) is 91.3 cm³/mol. The number of fused-ring (bicyclic) bond motifs is 2. The molecule has 0 heterocycles. The van der Waals surface area contributed by atoms with Crippen LogP contribution in [0, 0.1) is 10.8 Å². The molecule has 3 rings (SSSR count). The average molecular weight is 341 g/mol. The van der Waals surface area contributed by atoms with Gasteiger partial charge in [-0.1, -0.05) is 24.3 Å². The molecule has 2 aromatic rings. The third-order valence-corrected chi connectivity index (χ3v) is 4.39. The summed E-state index contributed by atoms with van der Waals surface area (Å²) in [5, 5.41) is 43.8. The summed E-state index contributed by atoms with van der Waals surface area (Å²) in [5.41, 5.74) is -0.0513. The fourth-order valence-corrected chi connectivity index (χ4v) is 3.31. The van der Waals surface area contributed by atoms with Crippen LogP contribution in [0.4, 0.5) is 0 Å². The molecule has 0 aliphatic heterocycles. The molecule has 1 atom stereocenters. The Hall–Kier alpha value is -3.35. The Morgan fingerprint density at radius 1 is 1.24 bits per heavy atom. The fourth-order valence-electron chi connectivity index (χ4n) is 3.31. The number of rotatable bonds is 3. The molecule has 0 spiro atoms. The maximum absolute atomic E-state index is 11.6. The number of nitrogens with zero attached hydrogens (tertiary/aromatic N) is 1. The van der Waals surface area contributed by atoms with E-state index in [0.29, 0.717) is 0 Å². The standard InChI is InChI=1S/C18H15NO6/c1-2-4-8-10(18(23)24)7-11-14(15(8)19-25)17(22)13-9(16(11)21)5-3-6-12(13)20/h2-6,10,20-22H,7H2,1H3,(H,23,24)/b4-2+. The van der Waals surface area contributed by atoms with Crippen molar-refractivity contribution in [2.24, 2.45) is 11.1 Å². The number of allylic oxidation sites excluding steroid dienone is 2. The molecule has 2 aromatic carbocycles. The van der Waals surface area contributed by atoms with Crippen LogP contribution in [0.5, 0.6) is 17.2 Å². The lowest BCUT2D eigenvalue weighted by Gasteiger charge is -2.26. The second-order valence-electron chi connectivity index (χ2n) is 5.74. The molecule has 0 radical (unpaired) electrons. The number of hydrogen-bond donors (Lipinski definition) is 4. The van der Waals surface area contributed by atoms with Gasteiger partial charge < -0.3 is 20.4 Å². The van der Waals surface area contributed by atoms with Crippen LogP contribution >= 0.6 is 0 Å². The van der Waals surface area contributed by atoms with Crippen LogP contribution in [0.1, 0.15) is 18.1 Å². The highest BCUT2D eigenvalue weighted by Crippen LogP contribution is 2.50. The topological polar surface area (TPSA) is 127 Å². The Labute approximate surface area is 142 Å². The van der Waals surface area contributed by atoms with Crippen molar-refractivity contribution in [2.45, 2.75) is 13.3 Å². The lowest BCUT2D eigenvalue weighted by Crippen LogP contribution is -2.23. The highest BCUT2D eigenvalue weighted by atomic mass is 16.4. The quantitative estimate of drug-likeness (QED) is 0.501. The summed E-state index contributed by atoms with van der Waals surface area (Å²) in [6.07, 6.45) is 2.90. The molecule has 0 bridgehead atoms. The van der Waals surface area contributed by atoms with Crippen molar-refractivity contribution >= 4 is 22.4 Å². The maximum atomic E-state index is 11.6. The second kappa shape index (κ2) is 5.94. The first kappa shape index (κ1) is 16.5. The van der Waals surface area contributed by atoms with Crippen molar-refractivity contribution in [1.82, 2.24) is 0 Å². The number of phenols is 3. The van der Waals surface area contributed by atoms with E-state index < -0.39 is 17.6 Å². The smallest absolute Gasteiger partial charge is 0.311 e. The van der Waals surface area contributed by atoms with E-state index in [0.717, 1.165) is 0 Å². The van der Waals surface area contributed by atoms with Crippen LogP contribution in [0.15, 0.2) is 41.1 Å². The molecule has 1 unspecified atom stereocenters. The number of carbonyl (C=O) groups is 1. The number of phenolic OH excluding ortho intramolecular Hbond substituents is 3. The Kier molecular flexibility index (Phi) is 3.92. The molecule has 1 aliphatic rings. The fraction of sp³-hybridized carbons (Fsp3) is 0.167. The van der Waals surface area contributed by atoms with E-state index in [1.807, 2.05) is 0 Å². The highest BCUT2D eigenvalue weighted by Gasteiger charge is 2.36. The van der Waals surface area contributed by atoms with Crippen molar-refractivity contribution in [3.63, 3.8) is 0 Å². The van der Waals surface area contributed by atoms with Crippen molar-refractivity contribution in [1.29, 1.82) is 0 Å². The van der Waals surface area contributed by atoms with E-state index in [1.165, 1.54) is 24.3 Å². The lowest BCUT2D eigenvalue weighted by molar-refractivity contribution is -0.140. The minimum absolute atomic E-state index is 0.0199. The highest BCUT2D eigenvalue weighted by molar-refractivity contribution is 6.04. The molecular weight excluding hydrogens is 326 g/mol. The molecule has 128 valence electrons. The summed E-state index contributed by atoms with van der Waals surface area (Å²) >= 11 is 0. The SMILES string of the molecule is C/C=C/C1=C(N=O)c2c(c(O)c3cccc(O)c3c2O)CC1C(=O)O. The van der Waals surface area contributed by atoms with Crippen LogP contribution in [-0.4, -0.2) is 26.4 Å². The van der Waals surface area contributed by atoms with Crippen LogP contribution in [-0.2, 0) is 11.2 Å². The molecule has 0 aromatic heterocycles. The van der Waals surface area contributed by atoms with Gasteiger partial charge in [-0.3, -0.25) is 4.79 Å². The second-order valence-corrected chi connectivity index (χ2v) is 5.74. The van der Waals surface area contributed by atoms with Gasteiger partial charge >= 0.3 is 5.97 Å². The molecule has 1 aliphatic carbocycles. The zero-order valence-electron chi connectivity index (χ0n) is 13.2. The number of aliphatic carboxylic acids is 1. The van der Waals surface area contributed by atoms with Gasteiger partial charge in [-0.2, -0.15) is 0 Å². The van der Waals surface area contributed by atoms with E-state index >= 15 is 0 Å². The number of hydrogen-bond acceptors (Lipinski definition) is 6. The van der Waals surface area contributed by atoms with Crippen LogP contribution in [0.3, 0.4) is 0 Å². The molecule has 7 nitrogen and oxygen atoms in total. The number of aromatic hydroxyl groups is 3. The first-order valence-electron chi connectivity index (χ1n) is 7.54. The van der Waals surface area contributed by atoms with Gasteiger partial charge in [-0.25, -0.2) is 0 Å². The molecule has 25 heavy (non-hydrogen) atoms. The normalized spacial score (nSPS) is 17.1. The summed E-state index contributed by atoms with van der Waals surface area (Å²) in [7, 11) is 0. The monoisotopic (exact) mass is 341 g/mol. The van der Waals surface area contributed by atoms with Crippen molar-refractivity contribution < 1.29 is 25.2 Å². The van der Waals surface area contributed by atoms with Crippen molar-refractivity contribution in [3.8, 4) is 17.2 Å². The summed E-state index contributed by atoms with van der Waals surface area (Å²) in [6, 6.07) is 4.31. The Balaban J connectivity index is 2.50. The van der Waals surface area contributed by atoms with E-state index in [-0.39, 0.29) is 51.1 Å². The zero-order chi connectivity index (χ0) is 18.3. The molecule has 0 saturated heterocycles. The molecule has 4 N–H and O–H groups in total. The Morgan fingerprint density at radius 2 is 1.96 bits per heavy atom. The zero-order valence-corrected chi connectivity index (χ0v) is 13.2. The van der Waals surface area contributed by atoms with E-state index in [2.05, 4.69) is 5.18 Å². The number of carboxylic acid groups (broad SMARTS) is 1. The summed E-state index contributed by atoms with van der Waals surface area (Å²) < 4.78 is 0. The van der Waals surface area contributed by atoms with Gasteiger partial charge in [-0.15, -0.1) is 4.91 Å². The van der Waals surface area contributed by atoms with Gasteiger partial charge in [0.2, 0.25) is 0 Å². The molecular formula is C18H15NO6. The molecule has 0 fully saturated rings. The Morgan fingerprint density at radius 3 is 2.56 bits per heavy atom. The van der Waals surface area contributed by atoms with Crippen LogP contribution in [0.25, 0.3) is 16.5 Å². The van der Waals surface area contributed by atoms with Crippen LogP contribution in [0.2, 0.25) is 0 Å². The Bertz CT molecular complexity index is 973. The van der Waals surface area contributed by atoms with E-state index in [4.69, 9.17) is 0 Å². The summed E-state index contributed by atoms with van der Waals surface area (Å²) in [4.78, 5) is 23.1. The van der Waals surface area contributed by atoms with Crippen LogP contribution < -0.4 is 0 Å². The van der Waals surface area contributed by atoms with Gasteiger partial charge in [0, 0.05) is 10.9 Å². The molecule has 7 heteroatoms. The molecule has 0 amide bonds. The predicted octanol–water partition coefficient (Wildman–Crippen LogP) is 3.27. The first-order chi connectivity index (χ1) is 11.9. The number of carboxylic acids is 1. The van der Waals surface area contributed by atoms with Gasteiger partial charge in [0.05, 0.1) is 16.9 Å². The number of nitroso groups, excluding NO2 is 1. The average Bonchev–Trinajstić information content (AvgIpc) is 2.58. The minimum atomic E-state index is -1.17. The minimum Gasteiger partial charge on any atom is -0.507 e. The van der Waals surface area contributed by atoms with Gasteiger partial charge in [0.15, 0.2) is 0 Å². The largest absolute Gasteiger partial charge is 0.507 e. The van der Waals surface area contributed by atoms with Crippen molar-refractivity contribution in [3.05, 3.63) is 52.0 Å². The first-order valence-corrected chi connectivity index (χ1v) is 7.54. The van der Waals surface area contributed by atoms with Gasteiger partial charge in [-0.05, 0) is 30.2 Å². The van der Waals surface area contributed by atoms with Gasteiger partial charge in [0.1, 0.15) is 22.9 Å². The summed E-state index contributed by atoms with van der Waals surface area (Å²) in [6.45, 7) is 1.66.